The Hall–Kier alpha value is -1.56. The summed E-state index contributed by atoms with van der Waals surface area (Å²) in [6.45, 7) is 2.63. The third-order valence-electron chi connectivity index (χ3n) is 2.42. The van der Waals surface area contributed by atoms with Gasteiger partial charge in [-0.05, 0) is 28.8 Å². The number of amides is 2. The van der Waals surface area contributed by atoms with Crippen molar-refractivity contribution in [2.24, 2.45) is 0 Å². The fourth-order valence-corrected chi connectivity index (χ4v) is 2.30. The lowest BCUT2D eigenvalue weighted by Crippen LogP contribution is -2.43. The van der Waals surface area contributed by atoms with Crippen LogP contribution in [0.4, 0.5) is 4.79 Å². The number of urea groups is 1. The van der Waals surface area contributed by atoms with E-state index in [0.29, 0.717) is 13.1 Å². The van der Waals surface area contributed by atoms with Crippen molar-refractivity contribution in [3.63, 3.8) is 0 Å². The fraction of sp³-hybridized carbons (Fsp3) is 0.500. The summed E-state index contributed by atoms with van der Waals surface area (Å²) in [6, 6.07) is 1.71. The normalized spacial score (nSPS) is 10.1. The molecule has 1 aromatic rings. The number of thiophene rings is 1. The third kappa shape index (κ3) is 4.37. The predicted molar refractivity (Wildman–Crippen MR) is 70.7 cm³/mol. The van der Waals surface area contributed by atoms with Crippen LogP contribution in [0.25, 0.3) is 0 Å². The SMILES string of the molecule is CCCN(CC(=O)O)C(=O)N(C)Cc1ccsc1. The zero-order valence-electron chi connectivity index (χ0n) is 10.6. The maximum Gasteiger partial charge on any atom is 0.323 e. The first-order valence-corrected chi connectivity index (χ1v) is 6.71. The molecular weight excluding hydrogens is 252 g/mol. The average Bonchev–Trinajstić information content (AvgIpc) is 2.79. The van der Waals surface area contributed by atoms with E-state index >= 15 is 0 Å². The van der Waals surface area contributed by atoms with E-state index in [0.717, 1.165) is 12.0 Å². The van der Waals surface area contributed by atoms with Crippen LogP contribution in [0.5, 0.6) is 0 Å². The number of rotatable bonds is 6. The molecule has 1 rings (SSSR count). The summed E-state index contributed by atoms with van der Waals surface area (Å²) in [6.07, 6.45) is 0.741. The van der Waals surface area contributed by atoms with Gasteiger partial charge < -0.3 is 14.9 Å². The van der Waals surface area contributed by atoms with E-state index in [9.17, 15) is 9.59 Å². The molecule has 5 nitrogen and oxygen atoms in total. The molecule has 6 heteroatoms. The van der Waals surface area contributed by atoms with Gasteiger partial charge in [-0.2, -0.15) is 11.3 Å². The largest absolute Gasteiger partial charge is 0.480 e. The van der Waals surface area contributed by atoms with Gasteiger partial charge in [0, 0.05) is 20.1 Å². The second-order valence-corrected chi connectivity index (χ2v) is 4.87. The highest BCUT2D eigenvalue weighted by molar-refractivity contribution is 7.07. The molecule has 1 N–H and O–H groups in total. The standard InChI is InChI=1S/C12H18N2O3S/c1-3-5-14(8-11(15)16)12(17)13(2)7-10-4-6-18-9-10/h4,6,9H,3,5,7-8H2,1-2H3,(H,15,16). The number of carbonyl (C=O) groups excluding carboxylic acids is 1. The van der Waals surface area contributed by atoms with Crippen LogP contribution in [0, 0.1) is 0 Å². The average molecular weight is 270 g/mol. The topological polar surface area (TPSA) is 60.9 Å². The summed E-state index contributed by atoms with van der Waals surface area (Å²) in [5, 5.41) is 12.7. The van der Waals surface area contributed by atoms with E-state index in [1.54, 1.807) is 23.3 Å². The molecule has 0 fully saturated rings. The van der Waals surface area contributed by atoms with Crippen molar-refractivity contribution >= 4 is 23.3 Å². The van der Waals surface area contributed by atoms with Gasteiger partial charge >= 0.3 is 12.0 Å². The molecule has 0 aromatic carbocycles. The van der Waals surface area contributed by atoms with E-state index in [4.69, 9.17) is 5.11 Å². The second kappa shape index (κ2) is 7.00. The van der Waals surface area contributed by atoms with Crippen molar-refractivity contribution in [2.75, 3.05) is 20.1 Å². The Balaban J connectivity index is 2.60. The molecule has 1 heterocycles. The van der Waals surface area contributed by atoms with Crippen LogP contribution < -0.4 is 0 Å². The van der Waals surface area contributed by atoms with Crippen LogP contribution in [0.2, 0.25) is 0 Å². The van der Waals surface area contributed by atoms with Crippen molar-refractivity contribution in [1.82, 2.24) is 9.80 Å². The van der Waals surface area contributed by atoms with Crippen LogP contribution in [0.1, 0.15) is 18.9 Å². The molecule has 2 amide bonds. The summed E-state index contributed by atoms with van der Waals surface area (Å²) in [5.74, 6) is -0.985. The van der Waals surface area contributed by atoms with Gasteiger partial charge in [0.1, 0.15) is 6.54 Å². The minimum atomic E-state index is -0.985. The van der Waals surface area contributed by atoms with Crippen LogP contribution in [-0.2, 0) is 11.3 Å². The fourth-order valence-electron chi connectivity index (χ4n) is 1.64. The third-order valence-corrected chi connectivity index (χ3v) is 3.15. The number of hydrogen-bond acceptors (Lipinski definition) is 3. The molecule has 0 saturated carbocycles. The van der Waals surface area contributed by atoms with Crippen LogP contribution >= 0.6 is 11.3 Å². The Bertz CT molecular complexity index is 392. The highest BCUT2D eigenvalue weighted by Gasteiger charge is 2.19. The Morgan fingerprint density at radius 2 is 2.17 bits per heavy atom. The molecule has 0 aliphatic rings. The van der Waals surface area contributed by atoms with Gasteiger partial charge in [-0.1, -0.05) is 6.92 Å². The maximum absolute atomic E-state index is 12.1. The van der Waals surface area contributed by atoms with Gasteiger partial charge in [0.15, 0.2) is 0 Å². The van der Waals surface area contributed by atoms with Gasteiger partial charge in [0.25, 0.3) is 0 Å². The number of carbonyl (C=O) groups is 2. The summed E-state index contributed by atoms with van der Waals surface area (Å²) < 4.78 is 0. The number of carboxylic acid groups (broad SMARTS) is 1. The summed E-state index contributed by atoms with van der Waals surface area (Å²) in [5.41, 5.74) is 1.06. The quantitative estimate of drug-likeness (QED) is 0.861. The van der Waals surface area contributed by atoms with Crippen molar-refractivity contribution in [1.29, 1.82) is 0 Å². The second-order valence-electron chi connectivity index (χ2n) is 4.09. The first-order valence-electron chi connectivity index (χ1n) is 5.77. The smallest absolute Gasteiger partial charge is 0.323 e. The molecule has 0 atom stereocenters. The molecule has 0 spiro atoms. The van der Waals surface area contributed by atoms with Crippen molar-refractivity contribution in [3.8, 4) is 0 Å². The molecule has 0 unspecified atom stereocenters. The Morgan fingerprint density at radius 1 is 1.44 bits per heavy atom. The Kier molecular flexibility index (Phi) is 5.64. The van der Waals surface area contributed by atoms with Crippen molar-refractivity contribution in [3.05, 3.63) is 22.4 Å². The molecule has 1 aromatic heterocycles. The lowest BCUT2D eigenvalue weighted by molar-refractivity contribution is -0.137. The Labute approximate surface area is 111 Å². The molecule has 0 aliphatic heterocycles. The minimum Gasteiger partial charge on any atom is -0.480 e. The number of carboxylic acids is 1. The van der Waals surface area contributed by atoms with Crippen molar-refractivity contribution < 1.29 is 14.7 Å². The maximum atomic E-state index is 12.1. The van der Waals surface area contributed by atoms with E-state index in [1.165, 1.54) is 4.90 Å². The van der Waals surface area contributed by atoms with Gasteiger partial charge in [-0.3, -0.25) is 4.79 Å². The number of aliphatic carboxylic acids is 1. The van der Waals surface area contributed by atoms with Crippen LogP contribution in [0.15, 0.2) is 16.8 Å². The van der Waals surface area contributed by atoms with Gasteiger partial charge in [0.2, 0.25) is 0 Å². The lowest BCUT2D eigenvalue weighted by Gasteiger charge is -2.26. The van der Waals surface area contributed by atoms with Gasteiger partial charge in [-0.25, -0.2) is 4.79 Å². The molecule has 0 saturated heterocycles. The molecular formula is C12H18N2O3S. The Morgan fingerprint density at radius 3 is 2.67 bits per heavy atom. The van der Waals surface area contributed by atoms with Crippen LogP contribution in [-0.4, -0.2) is 47.0 Å². The summed E-state index contributed by atoms with van der Waals surface area (Å²) in [4.78, 5) is 25.7. The van der Waals surface area contributed by atoms with E-state index in [1.807, 2.05) is 23.8 Å². The molecule has 0 aliphatic carbocycles. The first kappa shape index (κ1) is 14.5. The zero-order valence-corrected chi connectivity index (χ0v) is 11.4. The summed E-state index contributed by atoms with van der Waals surface area (Å²) >= 11 is 1.58. The monoisotopic (exact) mass is 270 g/mol. The highest BCUT2D eigenvalue weighted by Crippen LogP contribution is 2.10. The predicted octanol–water partition coefficient (Wildman–Crippen LogP) is 2.10. The molecule has 18 heavy (non-hydrogen) atoms. The van der Waals surface area contributed by atoms with E-state index in [2.05, 4.69) is 0 Å². The zero-order chi connectivity index (χ0) is 13.5. The van der Waals surface area contributed by atoms with Gasteiger partial charge in [0.05, 0.1) is 0 Å². The minimum absolute atomic E-state index is 0.245. The molecule has 0 bridgehead atoms. The highest BCUT2D eigenvalue weighted by atomic mass is 32.1. The molecule has 100 valence electrons. The van der Waals surface area contributed by atoms with E-state index < -0.39 is 5.97 Å². The molecule has 0 radical (unpaired) electrons. The van der Waals surface area contributed by atoms with Gasteiger partial charge in [-0.15, -0.1) is 0 Å². The lowest BCUT2D eigenvalue weighted by atomic mass is 10.3. The number of hydrogen-bond donors (Lipinski definition) is 1. The van der Waals surface area contributed by atoms with E-state index in [-0.39, 0.29) is 12.6 Å². The first-order chi connectivity index (χ1) is 8.54. The van der Waals surface area contributed by atoms with Crippen LogP contribution in [0.3, 0.4) is 0 Å². The number of nitrogens with zero attached hydrogens (tertiary/aromatic N) is 2. The summed E-state index contributed by atoms with van der Waals surface area (Å²) in [7, 11) is 1.69. The van der Waals surface area contributed by atoms with Crippen molar-refractivity contribution in [2.45, 2.75) is 19.9 Å².